The van der Waals surface area contributed by atoms with Crippen molar-refractivity contribution in [1.82, 2.24) is 5.32 Å². The highest BCUT2D eigenvalue weighted by atomic mass is 19.3. The first kappa shape index (κ1) is 16.7. The van der Waals surface area contributed by atoms with Crippen LogP contribution < -0.4 is 21.1 Å². The number of ether oxygens (including phenoxy) is 1. The number of aryl methyl sites for hydroxylation is 1. The molecular formula is C13H17F2N3O3. The molecule has 0 aliphatic heterocycles. The van der Waals surface area contributed by atoms with Crippen molar-refractivity contribution in [2.75, 3.05) is 11.9 Å². The third-order valence-corrected chi connectivity index (χ3v) is 2.58. The Morgan fingerprint density at radius 2 is 2.05 bits per heavy atom. The average molecular weight is 301 g/mol. The molecule has 0 radical (unpaired) electrons. The zero-order chi connectivity index (χ0) is 16.0. The molecule has 21 heavy (non-hydrogen) atoms. The molecule has 1 rings (SSSR count). The number of primary amides is 1. The van der Waals surface area contributed by atoms with Gasteiger partial charge in [-0.3, -0.25) is 10.1 Å². The molecule has 1 aromatic carbocycles. The fraction of sp³-hybridized carbons (Fsp3) is 0.385. The number of alkyl halides is 2. The zero-order valence-electron chi connectivity index (χ0n) is 11.7. The third-order valence-electron chi connectivity index (χ3n) is 2.58. The number of carbonyl (C=O) groups excluding carboxylic acids is 2. The molecule has 4 N–H and O–H groups in total. The van der Waals surface area contributed by atoms with E-state index in [1.54, 1.807) is 19.1 Å². The van der Waals surface area contributed by atoms with E-state index in [1.807, 2.05) is 5.32 Å². The lowest BCUT2D eigenvalue weighted by molar-refractivity contribution is -0.120. The van der Waals surface area contributed by atoms with E-state index in [1.165, 1.54) is 13.0 Å². The van der Waals surface area contributed by atoms with Crippen LogP contribution in [0.25, 0.3) is 0 Å². The van der Waals surface area contributed by atoms with Crippen LogP contribution in [0, 0.1) is 6.92 Å². The van der Waals surface area contributed by atoms with Crippen LogP contribution in [-0.4, -0.2) is 31.0 Å². The van der Waals surface area contributed by atoms with E-state index in [2.05, 4.69) is 5.32 Å². The van der Waals surface area contributed by atoms with E-state index in [0.29, 0.717) is 17.0 Å². The lowest BCUT2D eigenvalue weighted by atomic mass is 10.2. The Balaban J connectivity index is 2.73. The van der Waals surface area contributed by atoms with Crippen molar-refractivity contribution in [2.24, 2.45) is 5.73 Å². The molecule has 0 aliphatic carbocycles. The van der Waals surface area contributed by atoms with Crippen molar-refractivity contribution in [3.05, 3.63) is 23.8 Å². The van der Waals surface area contributed by atoms with Gasteiger partial charge in [-0.05, 0) is 25.5 Å². The second-order valence-corrected chi connectivity index (χ2v) is 4.40. The van der Waals surface area contributed by atoms with Crippen LogP contribution >= 0.6 is 0 Å². The van der Waals surface area contributed by atoms with Crippen LogP contribution in [0.1, 0.15) is 12.5 Å². The van der Waals surface area contributed by atoms with E-state index in [4.69, 9.17) is 10.5 Å². The first-order chi connectivity index (χ1) is 9.79. The summed E-state index contributed by atoms with van der Waals surface area (Å²) in [4.78, 5) is 22.1. The van der Waals surface area contributed by atoms with Crippen LogP contribution in [0.15, 0.2) is 18.2 Å². The number of nitrogens with one attached hydrogen (secondary N) is 2. The van der Waals surface area contributed by atoms with E-state index < -0.39 is 31.0 Å². The van der Waals surface area contributed by atoms with Crippen molar-refractivity contribution in [3.63, 3.8) is 0 Å². The van der Waals surface area contributed by atoms with Gasteiger partial charge in [0.05, 0.1) is 0 Å². The summed E-state index contributed by atoms with van der Waals surface area (Å²) < 4.78 is 29.3. The largest absolute Gasteiger partial charge is 0.487 e. The van der Waals surface area contributed by atoms with Crippen molar-refractivity contribution < 1.29 is 23.1 Å². The van der Waals surface area contributed by atoms with E-state index >= 15 is 0 Å². The summed E-state index contributed by atoms with van der Waals surface area (Å²) in [7, 11) is 0. The molecule has 0 saturated heterocycles. The monoisotopic (exact) mass is 301 g/mol. The number of imide groups is 1. The Labute approximate surface area is 120 Å². The number of hydrogen-bond acceptors (Lipinski definition) is 4. The molecule has 116 valence electrons. The molecular weight excluding hydrogens is 284 g/mol. The fourth-order valence-corrected chi connectivity index (χ4v) is 1.54. The predicted molar refractivity (Wildman–Crippen MR) is 73.5 cm³/mol. The lowest BCUT2D eigenvalue weighted by Crippen LogP contribution is -2.43. The molecule has 1 aromatic rings. The summed E-state index contributed by atoms with van der Waals surface area (Å²) in [6.45, 7) is 2.54. The summed E-state index contributed by atoms with van der Waals surface area (Å²) in [5, 5.41) is 4.75. The van der Waals surface area contributed by atoms with E-state index in [0.717, 1.165) is 0 Å². The molecule has 0 heterocycles. The number of amides is 3. The van der Waals surface area contributed by atoms with E-state index in [9.17, 15) is 18.4 Å². The van der Waals surface area contributed by atoms with Gasteiger partial charge in [-0.1, -0.05) is 6.07 Å². The molecule has 8 heteroatoms. The van der Waals surface area contributed by atoms with Gasteiger partial charge in [-0.25, -0.2) is 13.6 Å². The normalized spacial score (nSPS) is 11.9. The minimum Gasteiger partial charge on any atom is -0.487 e. The van der Waals surface area contributed by atoms with Crippen molar-refractivity contribution >= 4 is 17.6 Å². The van der Waals surface area contributed by atoms with Crippen LogP contribution in [-0.2, 0) is 4.79 Å². The maximum atomic E-state index is 12.2. The summed E-state index contributed by atoms with van der Waals surface area (Å²) >= 11 is 0. The average Bonchev–Trinajstić information content (AvgIpc) is 2.38. The highest BCUT2D eigenvalue weighted by molar-refractivity contribution is 5.97. The fourth-order valence-electron chi connectivity index (χ4n) is 1.54. The summed E-state index contributed by atoms with van der Waals surface area (Å²) in [6, 6.07) is 3.16. The maximum Gasteiger partial charge on any atom is 0.318 e. The number of halogens is 2. The molecule has 3 amide bonds. The molecule has 1 atom stereocenters. The smallest absolute Gasteiger partial charge is 0.318 e. The summed E-state index contributed by atoms with van der Waals surface area (Å²) in [5.41, 5.74) is 6.03. The van der Waals surface area contributed by atoms with Crippen molar-refractivity contribution in [2.45, 2.75) is 26.3 Å². The Morgan fingerprint density at radius 3 is 2.62 bits per heavy atom. The molecule has 0 bridgehead atoms. The van der Waals surface area contributed by atoms with Crippen molar-refractivity contribution in [3.8, 4) is 5.75 Å². The molecule has 0 aliphatic rings. The second-order valence-electron chi connectivity index (χ2n) is 4.40. The first-order valence-electron chi connectivity index (χ1n) is 6.18. The van der Waals surface area contributed by atoms with Gasteiger partial charge in [0.2, 0.25) is 5.91 Å². The van der Waals surface area contributed by atoms with E-state index in [-0.39, 0.29) is 0 Å². The number of anilines is 1. The van der Waals surface area contributed by atoms with Gasteiger partial charge in [0, 0.05) is 11.8 Å². The minimum absolute atomic E-state index is 0.294. The number of nitrogens with two attached hydrogens (primary N) is 1. The molecule has 1 unspecified atom stereocenters. The second kappa shape index (κ2) is 7.41. The Hall–Kier alpha value is -2.38. The maximum absolute atomic E-state index is 12.2. The number of carbonyl (C=O) groups is 2. The van der Waals surface area contributed by atoms with Gasteiger partial charge >= 0.3 is 6.03 Å². The molecule has 0 saturated carbocycles. The highest BCUT2D eigenvalue weighted by Crippen LogP contribution is 2.23. The standard InChI is InChI=1S/C13H17F2N3O3/c1-7-3-4-9(5-10(7)21-6-11(14)15)17-8(2)12(19)18-13(16)20/h3-5,8,11,17H,6H2,1-2H3,(H3,16,18,19,20). The SMILES string of the molecule is Cc1ccc(NC(C)C(=O)NC(N)=O)cc1OCC(F)F. The molecule has 0 fully saturated rings. The first-order valence-corrected chi connectivity index (χ1v) is 6.18. The third kappa shape index (κ3) is 5.64. The number of urea groups is 1. The van der Waals surface area contributed by atoms with Gasteiger partial charge in [0.15, 0.2) is 0 Å². The molecule has 6 nitrogen and oxygen atoms in total. The quantitative estimate of drug-likeness (QED) is 0.744. The van der Waals surface area contributed by atoms with Crippen LogP contribution in [0.5, 0.6) is 5.75 Å². The Morgan fingerprint density at radius 1 is 1.38 bits per heavy atom. The van der Waals surface area contributed by atoms with Gasteiger partial charge in [0.25, 0.3) is 6.43 Å². The molecule has 0 spiro atoms. The van der Waals surface area contributed by atoms with Crippen molar-refractivity contribution in [1.29, 1.82) is 0 Å². The number of rotatable bonds is 6. The number of benzene rings is 1. The Kier molecular flexibility index (Phi) is 5.89. The topological polar surface area (TPSA) is 93.5 Å². The highest BCUT2D eigenvalue weighted by Gasteiger charge is 2.15. The van der Waals surface area contributed by atoms with Crippen LogP contribution in [0.4, 0.5) is 19.3 Å². The van der Waals surface area contributed by atoms with Gasteiger partial charge in [-0.15, -0.1) is 0 Å². The minimum atomic E-state index is -2.57. The predicted octanol–water partition coefficient (Wildman–Crippen LogP) is 1.63. The number of hydrogen-bond donors (Lipinski definition) is 3. The lowest BCUT2D eigenvalue weighted by Gasteiger charge is -2.16. The summed E-state index contributed by atoms with van der Waals surface area (Å²) in [5.74, 6) is -0.305. The molecule has 0 aromatic heterocycles. The summed E-state index contributed by atoms with van der Waals surface area (Å²) in [6.07, 6.45) is -2.57. The van der Waals surface area contributed by atoms with Gasteiger partial charge in [0.1, 0.15) is 18.4 Å². The van der Waals surface area contributed by atoms with Crippen LogP contribution in [0.3, 0.4) is 0 Å². The zero-order valence-corrected chi connectivity index (χ0v) is 11.7. The Bertz CT molecular complexity index is 523. The van der Waals surface area contributed by atoms with Gasteiger partial charge < -0.3 is 15.8 Å². The van der Waals surface area contributed by atoms with Crippen LogP contribution in [0.2, 0.25) is 0 Å². The van der Waals surface area contributed by atoms with Gasteiger partial charge in [-0.2, -0.15) is 0 Å².